The van der Waals surface area contributed by atoms with Crippen LogP contribution >= 0.6 is 0 Å². The summed E-state index contributed by atoms with van der Waals surface area (Å²) in [5.41, 5.74) is 3.89. The minimum absolute atomic E-state index is 0.00876. The molecule has 0 atom stereocenters. The fourth-order valence-electron chi connectivity index (χ4n) is 4.21. The first-order chi connectivity index (χ1) is 18.4. The summed E-state index contributed by atoms with van der Waals surface area (Å²) in [5, 5.41) is 12.3. The third-order valence-electron chi connectivity index (χ3n) is 6.08. The van der Waals surface area contributed by atoms with Crippen molar-refractivity contribution in [2.45, 2.75) is 33.4 Å². The number of aromatic nitrogens is 2. The highest BCUT2D eigenvalue weighted by atomic mass is 19.1. The van der Waals surface area contributed by atoms with E-state index in [9.17, 15) is 14.0 Å². The number of ether oxygens (including phenoxy) is 1. The molecule has 4 aromatic rings. The molecule has 0 aliphatic rings. The highest BCUT2D eigenvalue weighted by Gasteiger charge is 2.21. The van der Waals surface area contributed by atoms with E-state index in [1.807, 2.05) is 25.1 Å². The van der Waals surface area contributed by atoms with Gasteiger partial charge < -0.3 is 19.5 Å². The molecule has 9 heteroatoms. The summed E-state index contributed by atoms with van der Waals surface area (Å²) in [5.74, 6) is -0.357. The van der Waals surface area contributed by atoms with Crippen LogP contribution in [0.3, 0.4) is 0 Å². The molecule has 1 heterocycles. The van der Waals surface area contributed by atoms with Crippen molar-refractivity contribution in [3.05, 3.63) is 89.5 Å². The number of aryl methyl sites for hydroxylation is 1. The average molecular weight is 514 g/mol. The van der Waals surface area contributed by atoms with Crippen molar-refractivity contribution >= 4 is 34.3 Å². The van der Waals surface area contributed by atoms with Crippen LogP contribution in [0.2, 0.25) is 0 Å². The number of fused-ring (bicyclic) bond motifs is 1. The number of halogens is 1. The zero-order valence-corrected chi connectivity index (χ0v) is 21.3. The minimum atomic E-state index is -0.416. The molecule has 4 rings (SSSR count). The number of imidazole rings is 1. The summed E-state index contributed by atoms with van der Waals surface area (Å²) < 4.78 is 20.6. The van der Waals surface area contributed by atoms with Crippen LogP contribution in [0, 0.1) is 17.1 Å². The van der Waals surface area contributed by atoms with E-state index >= 15 is 0 Å². The molecule has 38 heavy (non-hydrogen) atoms. The van der Waals surface area contributed by atoms with Gasteiger partial charge in [-0.3, -0.25) is 9.59 Å². The predicted molar refractivity (Wildman–Crippen MR) is 143 cm³/mol. The smallest absolute Gasteiger partial charge is 0.307 e. The SMILES string of the molecule is CCOC(=O)CCN(C(=O)c1ccc2c(c1)nc(CNc1ccc(C#N)cc1)n2CC)c1ccc(F)cc1. The molecule has 0 unspecified atom stereocenters. The van der Waals surface area contributed by atoms with Gasteiger partial charge in [-0.25, -0.2) is 9.37 Å². The van der Waals surface area contributed by atoms with Crippen molar-refractivity contribution in [1.82, 2.24) is 9.55 Å². The molecule has 0 saturated heterocycles. The number of nitriles is 1. The van der Waals surface area contributed by atoms with Crippen molar-refractivity contribution in [2.24, 2.45) is 0 Å². The molecule has 0 saturated carbocycles. The van der Waals surface area contributed by atoms with Crippen LogP contribution in [0.5, 0.6) is 0 Å². The minimum Gasteiger partial charge on any atom is -0.466 e. The van der Waals surface area contributed by atoms with Gasteiger partial charge in [0.15, 0.2) is 0 Å². The first kappa shape index (κ1) is 26.4. The number of esters is 1. The lowest BCUT2D eigenvalue weighted by atomic mass is 10.1. The van der Waals surface area contributed by atoms with Crippen LogP contribution in [-0.2, 0) is 22.6 Å². The Kier molecular flexibility index (Phi) is 8.34. The zero-order chi connectivity index (χ0) is 27.1. The summed E-state index contributed by atoms with van der Waals surface area (Å²) in [6.45, 7) is 5.23. The van der Waals surface area contributed by atoms with Crippen LogP contribution in [0.25, 0.3) is 11.0 Å². The maximum atomic E-state index is 13.6. The molecule has 0 aliphatic heterocycles. The molecular formula is C29H28FN5O3. The van der Waals surface area contributed by atoms with Gasteiger partial charge in [-0.2, -0.15) is 5.26 Å². The van der Waals surface area contributed by atoms with Crippen LogP contribution in [0.4, 0.5) is 15.8 Å². The first-order valence-corrected chi connectivity index (χ1v) is 12.4. The van der Waals surface area contributed by atoms with Crippen LogP contribution in [-0.4, -0.2) is 34.6 Å². The van der Waals surface area contributed by atoms with Crippen LogP contribution in [0.15, 0.2) is 66.7 Å². The Labute approximate surface area is 220 Å². The van der Waals surface area contributed by atoms with Gasteiger partial charge in [-0.15, -0.1) is 0 Å². The predicted octanol–water partition coefficient (Wildman–Crippen LogP) is 5.28. The normalized spacial score (nSPS) is 10.7. The Bertz CT molecular complexity index is 1470. The molecular weight excluding hydrogens is 485 g/mol. The van der Waals surface area contributed by atoms with E-state index in [0.717, 1.165) is 17.0 Å². The van der Waals surface area contributed by atoms with E-state index in [2.05, 4.69) is 16.0 Å². The van der Waals surface area contributed by atoms with Gasteiger partial charge in [0.1, 0.15) is 11.6 Å². The van der Waals surface area contributed by atoms with Gasteiger partial charge in [0, 0.05) is 30.0 Å². The van der Waals surface area contributed by atoms with Gasteiger partial charge >= 0.3 is 5.97 Å². The summed E-state index contributed by atoms with van der Waals surface area (Å²) in [4.78, 5) is 31.8. The zero-order valence-electron chi connectivity index (χ0n) is 21.3. The second-order valence-electron chi connectivity index (χ2n) is 8.51. The highest BCUT2D eigenvalue weighted by molar-refractivity contribution is 6.07. The number of hydrogen-bond acceptors (Lipinski definition) is 6. The van der Waals surface area contributed by atoms with Crippen molar-refractivity contribution < 1.29 is 18.7 Å². The van der Waals surface area contributed by atoms with E-state index in [1.54, 1.807) is 31.2 Å². The number of amides is 1. The van der Waals surface area contributed by atoms with E-state index in [4.69, 9.17) is 15.0 Å². The van der Waals surface area contributed by atoms with E-state index in [-0.39, 0.29) is 25.5 Å². The molecule has 8 nitrogen and oxygen atoms in total. The molecule has 0 radical (unpaired) electrons. The second kappa shape index (κ2) is 12.0. The van der Waals surface area contributed by atoms with Gasteiger partial charge in [-0.1, -0.05) is 0 Å². The summed E-state index contributed by atoms with van der Waals surface area (Å²) in [6.07, 6.45) is 0.00876. The fraction of sp³-hybridized carbons (Fsp3) is 0.241. The van der Waals surface area contributed by atoms with Gasteiger partial charge in [0.2, 0.25) is 0 Å². The number of nitrogens with zero attached hydrogens (tertiary/aromatic N) is 4. The third kappa shape index (κ3) is 5.98. The topological polar surface area (TPSA) is 100 Å². The maximum Gasteiger partial charge on any atom is 0.307 e. The molecule has 1 aromatic heterocycles. The van der Waals surface area contributed by atoms with E-state index < -0.39 is 11.8 Å². The standard InChI is InChI=1S/C29H28FN5O3/c1-3-34-26-14-7-21(17-25(26)33-27(34)19-32-23-10-5-20(18-31)6-11-23)29(37)35(16-15-28(36)38-4-2)24-12-8-22(30)9-13-24/h5-14,17,32H,3-4,15-16,19H2,1-2H3. The average Bonchev–Trinajstić information content (AvgIpc) is 3.30. The fourth-order valence-corrected chi connectivity index (χ4v) is 4.21. The number of carbonyl (C=O) groups excluding carboxylic acids is 2. The third-order valence-corrected chi connectivity index (χ3v) is 6.08. The number of hydrogen-bond donors (Lipinski definition) is 1. The van der Waals surface area contributed by atoms with E-state index in [0.29, 0.717) is 35.4 Å². The van der Waals surface area contributed by atoms with Crippen molar-refractivity contribution in [3.63, 3.8) is 0 Å². The van der Waals surface area contributed by atoms with Crippen molar-refractivity contribution in [3.8, 4) is 6.07 Å². The highest BCUT2D eigenvalue weighted by Crippen LogP contribution is 2.23. The van der Waals surface area contributed by atoms with Crippen molar-refractivity contribution in [1.29, 1.82) is 5.26 Å². The lowest BCUT2D eigenvalue weighted by Crippen LogP contribution is -2.33. The molecule has 0 aliphatic carbocycles. The maximum absolute atomic E-state index is 13.6. The van der Waals surface area contributed by atoms with Gasteiger partial charge in [0.05, 0.1) is 42.2 Å². The number of nitrogens with one attached hydrogen (secondary N) is 1. The molecule has 0 spiro atoms. The number of anilines is 2. The Hall–Kier alpha value is -4.71. The summed E-state index contributed by atoms with van der Waals surface area (Å²) >= 11 is 0. The monoisotopic (exact) mass is 513 g/mol. The van der Waals surface area contributed by atoms with Crippen LogP contribution in [0.1, 0.15) is 42.0 Å². The quantitative estimate of drug-likeness (QED) is 0.290. The summed E-state index contributed by atoms with van der Waals surface area (Å²) in [6, 6.07) is 20.2. The Morgan fingerprint density at radius 2 is 1.82 bits per heavy atom. The molecule has 1 amide bonds. The van der Waals surface area contributed by atoms with Crippen molar-refractivity contribution in [2.75, 3.05) is 23.4 Å². The Balaban J connectivity index is 1.59. The summed E-state index contributed by atoms with van der Waals surface area (Å²) in [7, 11) is 0. The second-order valence-corrected chi connectivity index (χ2v) is 8.51. The van der Waals surface area contributed by atoms with Gasteiger partial charge in [0.25, 0.3) is 5.91 Å². The largest absolute Gasteiger partial charge is 0.466 e. The van der Waals surface area contributed by atoms with Crippen LogP contribution < -0.4 is 10.2 Å². The lowest BCUT2D eigenvalue weighted by molar-refractivity contribution is -0.142. The molecule has 0 bridgehead atoms. The molecule has 0 fully saturated rings. The number of benzene rings is 3. The number of rotatable bonds is 10. The Morgan fingerprint density at radius 3 is 2.47 bits per heavy atom. The molecule has 3 aromatic carbocycles. The molecule has 1 N–H and O–H groups in total. The lowest BCUT2D eigenvalue weighted by Gasteiger charge is -2.22. The van der Waals surface area contributed by atoms with E-state index in [1.165, 1.54) is 29.2 Å². The van der Waals surface area contributed by atoms with Gasteiger partial charge in [-0.05, 0) is 80.6 Å². The Morgan fingerprint density at radius 1 is 1.08 bits per heavy atom. The first-order valence-electron chi connectivity index (χ1n) is 12.4. The number of carbonyl (C=O) groups is 2. The molecule has 194 valence electrons.